The van der Waals surface area contributed by atoms with E-state index in [0.29, 0.717) is 0 Å². The van der Waals surface area contributed by atoms with Gasteiger partial charge in [-0.3, -0.25) is 0 Å². The Kier molecular flexibility index (Phi) is 11.4. The molecule has 42 heavy (non-hydrogen) atoms. The van der Waals surface area contributed by atoms with Crippen molar-refractivity contribution in [2.45, 2.75) is 157 Å². The molecule has 0 aromatic heterocycles. The standard InChI is InChI=1S/C40H64N2/c1-17-31-33(37(5,6)7)23-29(24-34(31)38(8,9)10)21-19-27(3)41-42-28(4)20-22-30-25-35(39(11,12)13)32(18-2)36(26-30)40(14,15)16/h23-26,41-42H,3-4,17-22H2,1-2,5-16H3. The molecule has 2 aromatic rings. The lowest BCUT2D eigenvalue weighted by atomic mass is 9.74. The third-order valence-electron chi connectivity index (χ3n) is 8.41. The van der Waals surface area contributed by atoms with E-state index in [4.69, 9.17) is 0 Å². The second-order valence-corrected chi connectivity index (χ2v) is 16.5. The van der Waals surface area contributed by atoms with Gasteiger partial charge in [-0.1, -0.05) is 134 Å². The maximum atomic E-state index is 4.32. The molecule has 0 bridgehead atoms. The molecule has 0 saturated heterocycles. The van der Waals surface area contributed by atoms with Crippen LogP contribution in [-0.4, -0.2) is 0 Å². The summed E-state index contributed by atoms with van der Waals surface area (Å²) in [5.74, 6) is 0. The Morgan fingerprint density at radius 1 is 0.500 bits per heavy atom. The summed E-state index contributed by atoms with van der Waals surface area (Å²) in [5.41, 5.74) is 20.9. The van der Waals surface area contributed by atoms with Crippen LogP contribution >= 0.6 is 0 Å². The van der Waals surface area contributed by atoms with E-state index in [1.54, 1.807) is 0 Å². The topological polar surface area (TPSA) is 24.1 Å². The molecule has 2 nitrogen and oxygen atoms in total. The molecule has 0 fully saturated rings. The van der Waals surface area contributed by atoms with Crippen molar-refractivity contribution in [2.75, 3.05) is 0 Å². The fourth-order valence-corrected chi connectivity index (χ4v) is 6.08. The fraction of sp³-hybridized carbons (Fsp3) is 0.600. The van der Waals surface area contributed by atoms with Crippen molar-refractivity contribution in [3.05, 3.63) is 93.3 Å². The highest BCUT2D eigenvalue weighted by atomic mass is 15.4. The highest BCUT2D eigenvalue weighted by Gasteiger charge is 2.27. The van der Waals surface area contributed by atoms with Gasteiger partial charge in [-0.15, -0.1) is 0 Å². The second-order valence-electron chi connectivity index (χ2n) is 16.5. The molecule has 0 atom stereocenters. The molecule has 0 radical (unpaired) electrons. The summed E-state index contributed by atoms with van der Waals surface area (Å²) in [6, 6.07) is 9.76. The van der Waals surface area contributed by atoms with Crippen molar-refractivity contribution in [1.29, 1.82) is 0 Å². The first-order valence-electron chi connectivity index (χ1n) is 16.3. The van der Waals surface area contributed by atoms with Gasteiger partial charge in [-0.05, 0) is 105 Å². The first-order chi connectivity index (χ1) is 19.1. The van der Waals surface area contributed by atoms with E-state index in [1.807, 2.05) is 0 Å². The van der Waals surface area contributed by atoms with Gasteiger partial charge in [-0.2, -0.15) is 0 Å². The van der Waals surface area contributed by atoms with Crippen LogP contribution in [0.25, 0.3) is 0 Å². The van der Waals surface area contributed by atoms with Gasteiger partial charge in [0.15, 0.2) is 0 Å². The molecule has 2 rings (SSSR count). The van der Waals surface area contributed by atoms with Gasteiger partial charge in [0, 0.05) is 11.4 Å². The van der Waals surface area contributed by atoms with Crippen molar-refractivity contribution in [3.8, 4) is 0 Å². The number of benzene rings is 2. The molecule has 0 aliphatic rings. The van der Waals surface area contributed by atoms with Gasteiger partial charge < -0.3 is 10.9 Å². The van der Waals surface area contributed by atoms with E-state index in [0.717, 1.165) is 49.9 Å². The zero-order valence-electron chi connectivity index (χ0n) is 30.0. The number of hydrogen-bond acceptors (Lipinski definition) is 2. The number of hydrazine groups is 1. The summed E-state index contributed by atoms with van der Waals surface area (Å²) < 4.78 is 0. The van der Waals surface area contributed by atoms with E-state index < -0.39 is 0 Å². The van der Waals surface area contributed by atoms with Crippen molar-refractivity contribution >= 4 is 0 Å². The quantitative estimate of drug-likeness (QED) is 0.262. The zero-order chi connectivity index (χ0) is 32.3. The lowest BCUT2D eigenvalue weighted by Gasteiger charge is -2.31. The number of allylic oxidation sites excluding steroid dienone is 2. The minimum absolute atomic E-state index is 0.119. The molecular weight excluding hydrogens is 508 g/mol. The van der Waals surface area contributed by atoms with Crippen molar-refractivity contribution in [3.63, 3.8) is 0 Å². The Morgan fingerprint density at radius 3 is 0.929 bits per heavy atom. The van der Waals surface area contributed by atoms with Crippen LogP contribution in [-0.2, 0) is 47.3 Å². The summed E-state index contributed by atoms with van der Waals surface area (Å²) in [6.45, 7) is 41.2. The second kappa shape index (κ2) is 13.4. The van der Waals surface area contributed by atoms with Crippen LogP contribution in [0.2, 0.25) is 0 Å². The van der Waals surface area contributed by atoms with Crippen molar-refractivity contribution in [1.82, 2.24) is 10.9 Å². The third-order valence-corrected chi connectivity index (χ3v) is 8.41. The first kappa shape index (κ1) is 35.7. The lowest BCUT2D eigenvalue weighted by Crippen LogP contribution is -2.30. The van der Waals surface area contributed by atoms with E-state index >= 15 is 0 Å². The molecule has 0 aliphatic carbocycles. The van der Waals surface area contributed by atoms with Gasteiger partial charge in [0.25, 0.3) is 0 Å². The fourth-order valence-electron chi connectivity index (χ4n) is 6.08. The Morgan fingerprint density at radius 2 is 0.738 bits per heavy atom. The third kappa shape index (κ3) is 9.51. The molecule has 0 saturated carbocycles. The molecule has 2 heteroatoms. The minimum atomic E-state index is 0.119. The van der Waals surface area contributed by atoms with Crippen LogP contribution in [0.15, 0.2) is 48.8 Å². The SMILES string of the molecule is C=C(CCc1cc(C(C)(C)C)c(CC)c(C(C)(C)C)c1)NNC(=C)CCc1cc(C(C)(C)C)c(CC)c(C(C)(C)C)c1. The molecule has 234 valence electrons. The monoisotopic (exact) mass is 573 g/mol. The summed E-state index contributed by atoms with van der Waals surface area (Å²) in [7, 11) is 0. The Balaban J connectivity index is 2.09. The van der Waals surface area contributed by atoms with Crippen LogP contribution in [0.3, 0.4) is 0 Å². The van der Waals surface area contributed by atoms with E-state index in [-0.39, 0.29) is 21.7 Å². The average molecular weight is 573 g/mol. The molecule has 0 amide bonds. The smallest absolute Gasteiger partial charge is 0.0245 e. The van der Waals surface area contributed by atoms with Gasteiger partial charge in [0.2, 0.25) is 0 Å². The number of nitrogens with one attached hydrogen (secondary N) is 2. The minimum Gasteiger partial charge on any atom is -0.306 e. The predicted molar refractivity (Wildman–Crippen MR) is 188 cm³/mol. The maximum Gasteiger partial charge on any atom is 0.0245 e. The van der Waals surface area contributed by atoms with Crippen LogP contribution in [0.5, 0.6) is 0 Å². The molecule has 0 spiro atoms. The van der Waals surface area contributed by atoms with Gasteiger partial charge in [-0.25, -0.2) is 0 Å². The predicted octanol–water partition coefficient (Wildman–Crippen LogP) is 10.7. The van der Waals surface area contributed by atoms with Gasteiger partial charge in [0.05, 0.1) is 0 Å². The molecular formula is C40H64N2. The van der Waals surface area contributed by atoms with Crippen LogP contribution in [0, 0.1) is 0 Å². The summed E-state index contributed by atoms with van der Waals surface area (Å²) in [4.78, 5) is 0. The van der Waals surface area contributed by atoms with E-state index in [1.165, 1.54) is 44.5 Å². The molecule has 0 aliphatic heterocycles. The molecule has 2 N–H and O–H groups in total. The van der Waals surface area contributed by atoms with Crippen LogP contribution in [0.1, 0.15) is 154 Å². The summed E-state index contributed by atoms with van der Waals surface area (Å²) in [6.07, 6.45) is 5.81. The Bertz CT molecular complexity index is 1080. The highest BCUT2D eigenvalue weighted by Crippen LogP contribution is 2.37. The summed E-state index contributed by atoms with van der Waals surface area (Å²) >= 11 is 0. The number of aryl methyl sites for hydroxylation is 2. The average Bonchev–Trinajstić information content (AvgIpc) is 2.86. The van der Waals surface area contributed by atoms with Crippen molar-refractivity contribution < 1.29 is 0 Å². The van der Waals surface area contributed by atoms with Gasteiger partial charge in [0.1, 0.15) is 0 Å². The normalized spacial score (nSPS) is 12.8. The molecule has 0 unspecified atom stereocenters. The van der Waals surface area contributed by atoms with Crippen LogP contribution < -0.4 is 10.9 Å². The van der Waals surface area contributed by atoms with E-state index in [2.05, 4.69) is 145 Å². The first-order valence-corrected chi connectivity index (χ1v) is 16.3. The van der Waals surface area contributed by atoms with E-state index in [9.17, 15) is 0 Å². The number of rotatable bonds is 11. The van der Waals surface area contributed by atoms with Crippen molar-refractivity contribution in [2.24, 2.45) is 0 Å². The largest absolute Gasteiger partial charge is 0.306 e. The Hall–Kier alpha value is -2.48. The Labute approximate surface area is 260 Å². The summed E-state index contributed by atoms with van der Waals surface area (Å²) in [5, 5.41) is 0. The van der Waals surface area contributed by atoms with Crippen LogP contribution in [0.4, 0.5) is 0 Å². The molecule has 0 heterocycles. The zero-order valence-corrected chi connectivity index (χ0v) is 30.0. The van der Waals surface area contributed by atoms with Gasteiger partial charge >= 0.3 is 0 Å². The highest BCUT2D eigenvalue weighted by molar-refractivity contribution is 5.47. The lowest BCUT2D eigenvalue weighted by molar-refractivity contribution is 0.553. The number of hydrogen-bond donors (Lipinski definition) is 2. The molecule has 2 aromatic carbocycles. The maximum absolute atomic E-state index is 4.32.